The van der Waals surface area contributed by atoms with E-state index >= 15 is 0 Å². The predicted molar refractivity (Wildman–Crippen MR) is 95.7 cm³/mol. The number of rotatable bonds is 3. The van der Waals surface area contributed by atoms with Gasteiger partial charge in [0.2, 0.25) is 5.91 Å². The first-order valence-corrected chi connectivity index (χ1v) is 8.77. The van der Waals surface area contributed by atoms with Crippen molar-refractivity contribution in [3.05, 3.63) is 57.5 Å². The second-order valence-electron chi connectivity index (χ2n) is 6.90. The van der Waals surface area contributed by atoms with Crippen LogP contribution in [0.25, 0.3) is 0 Å². The highest BCUT2D eigenvalue weighted by molar-refractivity contribution is 6.02. The molecule has 7 nitrogen and oxygen atoms in total. The zero-order valence-corrected chi connectivity index (χ0v) is 14.6. The molecule has 0 unspecified atom stereocenters. The summed E-state index contributed by atoms with van der Waals surface area (Å²) in [5.41, 5.74) is 2.84. The molecular formula is C19H20N4O3. The second kappa shape index (κ2) is 6.40. The number of anilines is 1. The number of benzene rings is 1. The first kappa shape index (κ1) is 16.5. The van der Waals surface area contributed by atoms with Gasteiger partial charge >= 0.3 is 0 Å². The summed E-state index contributed by atoms with van der Waals surface area (Å²) in [7, 11) is 1.50. The third-order valence-corrected chi connectivity index (χ3v) is 4.91. The first-order valence-electron chi connectivity index (χ1n) is 8.77. The van der Waals surface area contributed by atoms with E-state index in [-0.39, 0.29) is 29.0 Å². The van der Waals surface area contributed by atoms with Gasteiger partial charge in [-0.3, -0.25) is 14.4 Å². The van der Waals surface area contributed by atoms with Crippen LogP contribution in [0.4, 0.5) is 5.69 Å². The van der Waals surface area contributed by atoms with Crippen LogP contribution in [-0.2, 0) is 24.8 Å². The average molecular weight is 352 g/mol. The number of nitrogens with one attached hydrogen (secondary N) is 1. The predicted octanol–water partition coefficient (Wildman–Crippen LogP) is 1.33. The van der Waals surface area contributed by atoms with Gasteiger partial charge in [0, 0.05) is 37.8 Å². The lowest BCUT2D eigenvalue weighted by Crippen LogP contribution is -2.36. The Bertz CT molecular complexity index is 946. The molecule has 1 N–H and O–H groups in total. The Morgan fingerprint density at radius 3 is 2.69 bits per heavy atom. The number of carbonyl (C=O) groups is 2. The van der Waals surface area contributed by atoms with Gasteiger partial charge < -0.3 is 10.2 Å². The summed E-state index contributed by atoms with van der Waals surface area (Å²) in [5.74, 6) is 0.0944. The van der Waals surface area contributed by atoms with Crippen LogP contribution in [0.3, 0.4) is 0 Å². The Kier molecular flexibility index (Phi) is 4.06. The van der Waals surface area contributed by atoms with Crippen molar-refractivity contribution in [3.63, 3.8) is 0 Å². The topological polar surface area (TPSA) is 84.3 Å². The van der Waals surface area contributed by atoms with E-state index in [0.717, 1.165) is 36.1 Å². The molecule has 2 aromatic rings. The van der Waals surface area contributed by atoms with Crippen molar-refractivity contribution in [1.29, 1.82) is 0 Å². The van der Waals surface area contributed by atoms with E-state index in [1.54, 1.807) is 0 Å². The molecule has 0 saturated heterocycles. The van der Waals surface area contributed by atoms with Crippen LogP contribution < -0.4 is 10.9 Å². The van der Waals surface area contributed by atoms with Gasteiger partial charge in [0.1, 0.15) is 5.69 Å². The van der Waals surface area contributed by atoms with Crippen molar-refractivity contribution in [2.75, 3.05) is 11.9 Å². The third-order valence-electron chi connectivity index (χ3n) is 4.91. The number of fused-ring (bicyclic) bond motifs is 1. The molecule has 0 radical (unpaired) electrons. The maximum Gasteiger partial charge on any atom is 0.276 e. The number of carbonyl (C=O) groups excluding carboxylic acids is 2. The fraction of sp³-hybridized carbons (Fsp3) is 0.368. The summed E-state index contributed by atoms with van der Waals surface area (Å²) < 4.78 is 1.13. The van der Waals surface area contributed by atoms with Crippen molar-refractivity contribution >= 4 is 17.5 Å². The maximum absolute atomic E-state index is 12.4. The molecule has 26 heavy (non-hydrogen) atoms. The molecule has 4 rings (SSSR count). The van der Waals surface area contributed by atoms with Gasteiger partial charge in [-0.15, -0.1) is 0 Å². The van der Waals surface area contributed by atoms with Gasteiger partial charge in [-0.05, 0) is 48.6 Å². The number of hydrogen-bond donors (Lipinski definition) is 1. The number of amides is 2. The molecule has 134 valence electrons. The van der Waals surface area contributed by atoms with E-state index in [2.05, 4.69) is 10.4 Å². The van der Waals surface area contributed by atoms with Crippen molar-refractivity contribution in [1.82, 2.24) is 14.7 Å². The molecule has 1 saturated carbocycles. The second-order valence-corrected chi connectivity index (χ2v) is 6.90. The van der Waals surface area contributed by atoms with E-state index in [0.29, 0.717) is 12.2 Å². The Labute approximate surface area is 150 Å². The fourth-order valence-corrected chi connectivity index (χ4v) is 3.23. The lowest BCUT2D eigenvalue weighted by molar-refractivity contribution is -0.133. The van der Waals surface area contributed by atoms with E-state index in [1.165, 1.54) is 24.7 Å². The van der Waals surface area contributed by atoms with Crippen molar-refractivity contribution in [3.8, 4) is 0 Å². The smallest absolute Gasteiger partial charge is 0.276 e. The molecule has 0 atom stereocenters. The molecule has 0 spiro atoms. The Morgan fingerprint density at radius 1 is 1.15 bits per heavy atom. The molecule has 2 aliphatic rings. The highest BCUT2D eigenvalue weighted by Gasteiger charge is 2.34. The van der Waals surface area contributed by atoms with Gasteiger partial charge in [-0.1, -0.05) is 6.07 Å². The summed E-state index contributed by atoms with van der Waals surface area (Å²) in [6.45, 7) is 1.35. The highest BCUT2D eigenvalue weighted by Crippen LogP contribution is 2.33. The van der Waals surface area contributed by atoms with Gasteiger partial charge in [0.25, 0.3) is 11.5 Å². The van der Waals surface area contributed by atoms with E-state index in [1.807, 2.05) is 23.1 Å². The van der Waals surface area contributed by atoms with Crippen LogP contribution in [0.15, 0.2) is 35.1 Å². The number of hydrogen-bond acceptors (Lipinski definition) is 4. The Hall–Kier alpha value is -2.96. The molecule has 1 aliphatic heterocycles. The summed E-state index contributed by atoms with van der Waals surface area (Å²) in [5, 5.41) is 6.77. The first-order chi connectivity index (χ1) is 12.5. The molecule has 2 amide bonds. The van der Waals surface area contributed by atoms with E-state index < -0.39 is 0 Å². The van der Waals surface area contributed by atoms with Crippen LogP contribution >= 0.6 is 0 Å². The maximum atomic E-state index is 12.4. The van der Waals surface area contributed by atoms with Crippen LogP contribution in [0.2, 0.25) is 0 Å². The number of aryl methyl sites for hydroxylation is 1. The van der Waals surface area contributed by atoms with Crippen molar-refractivity contribution < 1.29 is 9.59 Å². The van der Waals surface area contributed by atoms with Crippen LogP contribution in [-0.4, -0.2) is 33.0 Å². The molecular weight excluding hydrogens is 332 g/mol. The van der Waals surface area contributed by atoms with Crippen LogP contribution in [0, 0.1) is 5.92 Å². The monoisotopic (exact) mass is 352 g/mol. The molecule has 1 aromatic heterocycles. The largest absolute Gasteiger partial charge is 0.338 e. The summed E-state index contributed by atoms with van der Waals surface area (Å²) in [6.07, 6.45) is 2.85. The van der Waals surface area contributed by atoms with Gasteiger partial charge in [0.05, 0.1) is 0 Å². The summed E-state index contributed by atoms with van der Waals surface area (Å²) in [6, 6.07) is 8.50. The normalized spacial score (nSPS) is 16.1. The minimum atomic E-state index is -0.373. The van der Waals surface area contributed by atoms with Crippen molar-refractivity contribution in [2.24, 2.45) is 13.0 Å². The molecule has 1 aliphatic carbocycles. The Balaban J connectivity index is 1.50. The van der Waals surface area contributed by atoms with Crippen LogP contribution in [0.5, 0.6) is 0 Å². The van der Waals surface area contributed by atoms with Crippen molar-refractivity contribution in [2.45, 2.75) is 25.8 Å². The molecule has 1 fully saturated rings. The van der Waals surface area contributed by atoms with Gasteiger partial charge in [-0.2, -0.15) is 5.10 Å². The minimum absolute atomic E-state index is 0.176. The zero-order valence-electron chi connectivity index (χ0n) is 14.6. The van der Waals surface area contributed by atoms with E-state index in [9.17, 15) is 14.4 Å². The quantitative estimate of drug-likeness (QED) is 0.903. The SMILES string of the molecule is Cn1nc(C(=O)Nc2ccc3c(c2)CN(C(=O)C2CC2)CC3)ccc1=O. The number of aromatic nitrogens is 2. The molecule has 1 aromatic carbocycles. The standard InChI is InChI=1S/C19H20N4O3/c1-22-17(24)7-6-16(21-22)18(25)20-15-5-4-12-8-9-23(11-14(12)10-15)19(26)13-2-3-13/h4-7,10,13H,2-3,8-9,11H2,1H3,(H,20,25). The van der Waals surface area contributed by atoms with Gasteiger partial charge in [-0.25, -0.2) is 4.68 Å². The van der Waals surface area contributed by atoms with Gasteiger partial charge in [0.15, 0.2) is 0 Å². The molecule has 0 bridgehead atoms. The Morgan fingerprint density at radius 2 is 1.96 bits per heavy atom. The lowest BCUT2D eigenvalue weighted by atomic mass is 9.98. The zero-order chi connectivity index (χ0) is 18.3. The summed E-state index contributed by atoms with van der Waals surface area (Å²) in [4.78, 5) is 38.0. The third kappa shape index (κ3) is 3.24. The van der Waals surface area contributed by atoms with Crippen LogP contribution in [0.1, 0.15) is 34.5 Å². The fourth-order valence-electron chi connectivity index (χ4n) is 3.23. The molecule has 7 heteroatoms. The lowest BCUT2D eigenvalue weighted by Gasteiger charge is -2.29. The van der Waals surface area contributed by atoms with E-state index in [4.69, 9.17) is 0 Å². The number of nitrogens with zero attached hydrogens (tertiary/aromatic N) is 3. The highest BCUT2D eigenvalue weighted by atomic mass is 16.2. The minimum Gasteiger partial charge on any atom is -0.338 e. The summed E-state index contributed by atoms with van der Waals surface area (Å²) >= 11 is 0. The molecule has 2 heterocycles. The average Bonchev–Trinajstić information content (AvgIpc) is 3.48.